The first-order valence-electron chi connectivity index (χ1n) is 10.4. The van der Waals surface area contributed by atoms with E-state index in [4.69, 9.17) is 0 Å². The second kappa shape index (κ2) is 8.29. The number of sulfonamides is 1. The van der Waals surface area contributed by atoms with Crippen LogP contribution in [0.2, 0.25) is 0 Å². The van der Waals surface area contributed by atoms with E-state index in [1.54, 1.807) is 54.7 Å². The van der Waals surface area contributed by atoms with Gasteiger partial charge in [0.25, 0.3) is 10.0 Å². The number of nitrogens with zero attached hydrogens (tertiary/aromatic N) is 1. The molecule has 1 fully saturated rings. The summed E-state index contributed by atoms with van der Waals surface area (Å²) in [5, 5.41) is 3.93. The fourth-order valence-electron chi connectivity index (χ4n) is 3.94. The van der Waals surface area contributed by atoms with E-state index in [0.29, 0.717) is 17.5 Å². The highest BCUT2D eigenvalue weighted by molar-refractivity contribution is 7.92. The first-order chi connectivity index (χ1) is 15.9. The lowest BCUT2D eigenvalue weighted by molar-refractivity contribution is -0.117. The van der Waals surface area contributed by atoms with Gasteiger partial charge in [-0.2, -0.15) is 0 Å². The Morgan fingerprint density at radius 3 is 2.52 bits per heavy atom. The van der Waals surface area contributed by atoms with Gasteiger partial charge in [-0.3, -0.25) is 14.5 Å². The van der Waals surface area contributed by atoms with E-state index in [2.05, 4.69) is 15.0 Å². The minimum Gasteiger partial charge on any atom is -0.323 e. The maximum absolute atomic E-state index is 14.8. The lowest BCUT2D eigenvalue weighted by atomic mass is 10.1. The largest absolute Gasteiger partial charge is 0.323 e. The van der Waals surface area contributed by atoms with E-state index in [0.717, 1.165) is 10.9 Å². The number of amides is 1. The molecule has 2 N–H and O–H groups in total. The fraction of sp³-hybridized carbons (Fsp3) is 0.120. The zero-order valence-corrected chi connectivity index (χ0v) is 18.2. The maximum atomic E-state index is 14.8. The number of aromatic nitrogens is 1. The number of benzene rings is 3. The molecular weight excluding hydrogens is 441 g/mol. The van der Waals surface area contributed by atoms with E-state index >= 15 is 0 Å². The van der Waals surface area contributed by atoms with E-state index < -0.39 is 15.8 Å². The van der Waals surface area contributed by atoms with Crippen molar-refractivity contribution in [2.45, 2.75) is 17.2 Å². The zero-order chi connectivity index (χ0) is 23.0. The number of carbonyl (C=O) groups is 1. The number of pyridine rings is 1. The van der Waals surface area contributed by atoms with Crippen molar-refractivity contribution in [3.63, 3.8) is 0 Å². The number of rotatable bonds is 6. The molecule has 5 rings (SSSR count). The average molecular weight is 462 g/mol. The van der Waals surface area contributed by atoms with Crippen LogP contribution < -0.4 is 10.0 Å². The van der Waals surface area contributed by atoms with Gasteiger partial charge in [0.2, 0.25) is 5.91 Å². The SMILES string of the molecule is O=C(Nc1ccc2ccccc2c1F)[C@@H]1CC1c1ccc(S(=O)(=O)Nc2cccnc2)cc1. The van der Waals surface area contributed by atoms with Crippen molar-refractivity contribution in [2.75, 3.05) is 10.0 Å². The molecule has 0 bridgehead atoms. The van der Waals surface area contributed by atoms with Gasteiger partial charge in [-0.05, 0) is 53.6 Å². The van der Waals surface area contributed by atoms with Gasteiger partial charge in [0.1, 0.15) is 0 Å². The van der Waals surface area contributed by atoms with E-state index in [-0.39, 0.29) is 28.3 Å². The van der Waals surface area contributed by atoms with Crippen LogP contribution in [0.1, 0.15) is 17.9 Å². The molecule has 1 amide bonds. The highest BCUT2D eigenvalue weighted by Crippen LogP contribution is 2.48. The predicted octanol–water partition coefficient (Wildman–Crippen LogP) is 4.92. The van der Waals surface area contributed by atoms with Crippen molar-refractivity contribution in [3.05, 3.63) is 96.6 Å². The van der Waals surface area contributed by atoms with Crippen LogP contribution in [0.15, 0.2) is 90.1 Å². The number of hydrogen-bond acceptors (Lipinski definition) is 4. The van der Waals surface area contributed by atoms with Gasteiger partial charge in [-0.25, -0.2) is 12.8 Å². The summed E-state index contributed by atoms with van der Waals surface area (Å²) in [5.74, 6) is -1.01. The molecule has 166 valence electrons. The quantitative estimate of drug-likeness (QED) is 0.427. The van der Waals surface area contributed by atoms with Crippen molar-refractivity contribution in [1.29, 1.82) is 0 Å². The molecule has 1 heterocycles. The van der Waals surface area contributed by atoms with Crippen molar-refractivity contribution in [1.82, 2.24) is 4.98 Å². The highest BCUT2D eigenvalue weighted by atomic mass is 32.2. The first kappa shape index (κ1) is 21.1. The third-order valence-electron chi connectivity index (χ3n) is 5.78. The number of nitrogens with one attached hydrogen (secondary N) is 2. The van der Waals surface area contributed by atoms with Gasteiger partial charge in [-0.1, -0.05) is 42.5 Å². The lowest BCUT2D eigenvalue weighted by Crippen LogP contribution is -2.15. The van der Waals surface area contributed by atoms with Crippen molar-refractivity contribution < 1.29 is 17.6 Å². The summed E-state index contributed by atoms with van der Waals surface area (Å²) < 4.78 is 42.4. The molecule has 0 saturated heterocycles. The van der Waals surface area contributed by atoms with Crippen LogP contribution in [-0.2, 0) is 14.8 Å². The molecule has 6 nitrogen and oxygen atoms in total. The van der Waals surface area contributed by atoms with Crippen LogP contribution in [0.25, 0.3) is 10.8 Å². The summed E-state index contributed by atoms with van der Waals surface area (Å²) in [5.41, 5.74) is 1.41. The summed E-state index contributed by atoms with van der Waals surface area (Å²) >= 11 is 0. The van der Waals surface area contributed by atoms with Crippen LogP contribution in [0.4, 0.5) is 15.8 Å². The van der Waals surface area contributed by atoms with Crippen molar-refractivity contribution in [2.24, 2.45) is 5.92 Å². The van der Waals surface area contributed by atoms with Crippen molar-refractivity contribution >= 4 is 38.1 Å². The second-order valence-electron chi connectivity index (χ2n) is 8.00. The minimum atomic E-state index is -3.74. The number of halogens is 1. The van der Waals surface area contributed by atoms with Gasteiger partial charge in [0, 0.05) is 17.5 Å². The molecule has 3 aromatic carbocycles. The normalized spacial score (nSPS) is 17.5. The molecular formula is C25H20FN3O3S. The Hall–Kier alpha value is -3.78. The summed E-state index contributed by atoms with van der Waals surface area (Å²) in [6.07, 6.45) is 3.61. The predicted molar refractivity (Wildman–Crippen MR) is 125 cm³/mol. The molecule has 1 saturated carbocycles. The number of carbonyl (C=O) groups excluding carboxylic acids is 1. The molecule has 0 radical (unpaired) electrons. The van der Waals surface area contributed by atoms with Gasteiger partial charge < -0.3 is 5.32 Å². The van der Waals surface area contributed by atoms with Crippen LogP contribution in [0.3, 0.4) is 0 Å². The van der Waals surface area contributed by atoms with E-state index in [9.17, 15) is 17.6 Å². The van der Waals surface area contributed by atoms with Crippen LogP contribution in [-0.4, -0.2) is 19.3 Å². The Bertz CT molecular complexity index is 1440. The monoisotopic (exact) mass is 461 g/mol. The Morgan fingerprint density at radius 1 is 0.970 bits per heavy atom. The summed E-state index contributed by atoms with van der Waals surface area (Å²) in [6.45, 7) is 0. The van der Waals surface area contributed by atoms with Gasteiger partial charge in [0.15, 0.2) is 5.82 Å². The topological polar surface area (TPSA) is 88.2 Å². The zero-order valence-electron chi connectivity index (χ0n) is 17.4. The molecule has 1 aromatic heterocycles. The second-order valence-corrected chi connectivity index (χ2v) is 9.68. The Kier molecular flexibility index (Phi) is 5.30. The molecule has 33 heavy (non-hydrogen) atoms. The number of fused-ring (bicyclic) bond motifs is 1. The summed E-state index contributed by atoms with van der Waals surface area (Å²) in [4.78, 5) is 16.7. The van der Waals surface area contributed by atoms with Crippen LogP contribution in [0, 0.1) is 11.7 Å². The van der Waals surface area contributed by atoms with E-state index in [1.807, 2.05) is 12.1 Å². The van der Waals surface area contributed by atoms with Crippen LogP contribution >= 0.6 is 0 Å². The Balaban J connectivity index is 1.26. The molecule has 1 aliphatic rings. The first-order valence-corrected chi connectivity index (χ1v) is 11.9. The number of anilines is 2. The lowest BCUT2D eigenvalue weighted by Gasteiger charge is -2.09. The minimum absolute atomic E-state index is 0.0310. The Morgan fingerprint density at radius 2 is 1.76 bits per heavy atom. The van der Waals surface area contributed by atoms with Gasteiger partial charge in [-0.15, -0.1) is 0 Å². The molecule has 1 aliphatic carbocycles. The standard InChI is InChI=1S/C25H20FN3O3S/c26-24-20-6-2-1-4-16(20)9-12-23(24)28-25(30)22-14-21(22)17-7-10-19(11-8-17)33(31,32)29-18-5-3-13-27-15-18/h1-13,15,21-22,29H,14H2,(H,28,30)/t21?,22-/m1/s1. The third-order valence-corrected chi connectivity index (χ3v) is 7.18. The third kappa shape index (κ3) is 4.29. The van der Waals surface area contributed by atoms with E-state index in [1.165, 1.54) is 18.3 Å². The van der Waals surface area contributed by atoms with Gasteiger partial charge >= 0.3 is 0 Å². The molecule has 4 aromatic rings. The highest BCUT2D eigenvalue weighted by Gasteiger charge is 2.44. The number of hydrogen-bond donors (Lipinski definition) is 2. The molecule has 2 atom stereocenters. The summed E-state index contributed by atoms with van der Waals surface area (Å²) in [7, 11) is -3.74. The molecule has 0 spiro atoms. The average Bonchev–Trinajstić information content (AvgIpc) is 3.63. The summed E-state index contributed by atoms with van der Waals surface area (Å²) in [6, 6.07) is 20.2. The smallest absolute Gasteiger partial charge is 0.261 e. The van der Waals surface area contributed by atoms with Crippen LogP contribution in [0.5, 0.6) is 0 Å². The maximum Gasteiger partial charge on any atom is 0.261 e. The van der Waals surface area contributed by atoms with Crippen molar-refractivity contribution in [3.8, 4) is 0 Å². The molecule has 8 heteroatoms. The Labute approximate surface area is 190 Å². The molecule has 1 unspecified atom stereocenters. The fourth-order valence-corrected chi connectivity index (χ4v) is 4.98. The van der Waals surface area contributed by atoms with Gasteiger partial charge in [0.05, 0.1) is 22.5 Å². The molecule has 0 aliphatic heterocycles.